The average molecular weight is 396 g/mol. The number of likely N-dealkylation sites (tertiary alicyclic amines) is 1. The Morgan fingerprint density at radius 2 is 1.93 bits per heavy atom. The molecule has 4 heterocycles. The molecule has 3 fully saturated rings. The van der Waals surface area contributed by atoms with Crippen molar-refractivity contribution in [3.63, 3.8) is 0 Å². The Bertz CT molecular complexity index is 840. The van der Waals surface area contributed by atoms with Gasteiger partial charge in [-0.15, -0.1) is 0 Å². The van der Waals surface area contributed by atoms with Gasteiger partial charge in [-0.05, 0) is 61.4 Å². The summed E-state index contributed by atoms with van der Waals surface area (Å²) < 4.78 is 0. The third-order valence-corrected chi connectivity index (χ3v) is 6.93. The molecular weight excluding hydrogens is 368 g/mol. The Hall–Kier alpha value is -2.25. The van der Waals surface area contributed by atoms with Crippen molar-refractivity contribution in [1.29, 1.82) is 0 Å². The number of hydrogen-bond donors (Lipinski definition) is 2. The van der Waals surface area contributed by atoms with Crippen molar-refractivity contribution in [2.45, 2.75) is 44.8 Å². The van der Waals surface area contributed by atoms with Gasteiger partial charge in [-0.25, -0.2) is 0 Å². The molecule has 3 saturated heterocycles. The van der Waals surface area contributed by atoms with Crippen molar-refractivity contribution < 1.29 is 14.4 Å². The van der Waals surface area contributed by atoms with Crippen LogP contribution in [-0.2, 0) is 22.7 Å². The van der Waals surface area contributed by atoms with Crippen molar-refractivity contribution in [3.05, 3.63) is 34.9 Å². The van der Waals surface area contributed by atoms with Gasteiger partial charge in [0.15, 0.2) is 0 Å². The highest BCUT2D eigenvalue weighted by Crippen LogP contribution is 2.32. The number of amides is 3. The number of carbonyl (C=O) groups excluding carboxylic acids is 3. The fraction of sp³-hybridized carbons (Fsp3) is 0.591. The van der Waals surface area contributed by atoms with E-state index in [4.69, 9.17) is 0 Å². The zero-order valence-electron chi connectivity index (χ0n) is 16.7. The average Bonchev–Trinajstić information content (AvgIpc) is 2.92. The number of piperidine rings is 2. The standard InChI is InChI=1S/C22H28N4O3/c27-20-5-4-19(21(28)24-20)26-13-18-16(2-1-3-17(18)22(26)29)12-25-10-14-6-7-23-9-15(8-14)11-25/h1-3,14-15,19,23H,4-13H2,(H,24,27,28). The maximum atomic E-state index is 13.0. The summed E-state index contributed by atoms with van der Waals surface area (Å²) in [6, 6.07) is 5.40. The van der Waals surface area contributed by atoms with Crippen LogP contribution in [0.5, 0.6) is 0 Å². The van der Waals surface area contributed by atoms with E-state index in [0.717, 1.165) is 44.2 Å². The van der Waals surface area contributed by atoms with E-state index in [9.17, 15) is 14.4 Å². The van der Waals surface area contributed by atoms with Crippen LogP contribution in [0.15, 0.2) is 18.2 Å². The lowest BCUT2D eigenvalue weighted by atomic mass is 9.88. The minimum absolute atomic E-state index is 0.0899. The van der Waals surface area contributed by atoms with E-state index in [1.165, 1.54) is 18.4 Å². The molecule has 0 aromatic heterocycles. The Morgan fingerprint density at radius 3 is 2.79 bits per heavy atom. The lowest BCUT2D eigenvalue weighted by Crippen LogP contribution is -2.52. The van der Waals surface area contributed by atoms with Crippen LogP contribution in [-0.4, -0.2) is 59.7 Å². The third-order valence-electron chi connectivity index (χ3n) is 6.93. The number of hydrogen-bond acceptors (Lipinski definition) is 5. The minimum atomic E-state index is -0.551. The van der Waals surface area contributed by atoms with E-state index >= 15 is 0 Å². The maximum absolute atomic E-state index is 13.0. The van der Waals surface area contributed by atoms with Gasteiger partial charge in [-0.2, -0.15) is 0 Å². The Morgan fingerprint density at radius 1 is 1.07 bits per heavy atom. The quantitative estimate of drug-likeness (QED) is 0.742. The lowest BCUT2D eigenvalue weighted by Gasteiger charge is -2.36. The van der Waals surface area contributed by atoms with Crippen LogP contribution < -0.4 is 10.6 Å². The van der Waals surface area contributed by atoms with Gasteiger partial charge in [-0.1, -0.05) is 12.1 Å². The SMILES string of the molecule is O=C1CCC(N2Cc3c(CN4CC5CCNCC(C5)C4)cccc3C2=O)C(=O)N1. The normalized spacial score (nSPS) is 30.1. The summed E-state index contributed by atoms with van der Waals surface area (Å²) in [6.45, 7) is 5.74. The molecule has 3 unspecified atom stereocenters. The first-order chi connectivity index (χ1) is 14.1. The Balaban J connectivity index is 1.34. The minimum Gasteiger partial charge on any atom is -0.322 e. The van der Waals surface area contributed by atoms with E-state index < -0.39 is 6.04 Å². The van der Waals surface area contributed by atoms with Gasteiger partial charge in [0.25, 0.3) is 5.91 Å². The van der Waals surface area contributed by atoms with Gasteiger partial charge < -0.3 is 10.2 Å². The second-order valence-corrected chi connectivity index (χ2v) is 9.00. The fourth-order valence-corrected chi connectivity index (χ4v) is 5.56. The monoisotopic (exact) mass is 396 g/mol. The van der Waals surface area contributed by atoms with Gasteiger partial charge in [0.2, 0.25) is 11.8 Å². The molecule has 154 valence electrons. The van der Waals surface area contributed by atoms with E-state index in [2.05, 4.69) is 21.6 Å². The molecule has 4 aliphatic heterocycles. The topological polar surface area (TPSA) is 81.8 Å². The second-order valence-electron chi connectivity index (χ2n) is 9.00. The van der Waals surface area contributed by atoms with Gasteiger partial charge in [0.05, 0.1) is 0 Å². The van der Waals surface area contributed by atoms with E-state index in [1.54, 1.807) is 4.90 Å². The number of fused-ring (bicyclic) bond motifs is 3. The fourth-order valence-electron chi connectivity index (χ4n) is 5.56. The molecule has 1 aromatic carbocycles. The summed E-state index contributed by atoms with van der Waals surface area (Å²) in [7, 11) is 0. The Kier molecular flexibility index (Phi) is 4.87. The third kappa shape index (κ3) is 3.57. The smallest absolute Gasteiger partial charge is 0.255 e. The molecule has 0 spiro atoms. The van der Waals surface area contributed by atoms with Crippen LogP contribution in [0.1, 0.15) is 47.2 Å². The molecule has 7 heteroatoms. The molecule has 1 aromatic rings. The van der Waals surface area contributed by atoms with E-state index in [-0.39, 0.29) is 24.1 Å². The van der Waals surface area contributed by atoms with Crippen LogP contribution in [0.25, 0.3) is 0 Å². The number of nitrogens with zero attached hydrogens (tertiary/aromatic N) is 2. The largest absolute Gasteiger partial charge is 0.322 e. The molecular formula is C22H28N4O3. The molecule has 0 aliphatic carbocycles. The van der Waals surface area contributed by atoms with Crippen molar-refractivity contribution in [2.75, 3.05) is 26.2 Å². The number of carbonyl (C=O) groups is 3. The van der Waals surface area contributed by atoms with E-state index in [1.807, 2.05) is 12.1 Å². The molecule has 0 radical (unpaired) electrons. The second kappa shape index (κ2) is 7.54. The summed E-state index contributed by atoms with van der Waals surface area (Å²) >= 11 is 0. The first-order valence-corrected chi connectivity index (χ1v) is 10.8. The molecule has 5 rings (SSSR count). The molecule has 3 amide bonds. The zero-order valence-corrected chi connectivity index (χ0v) is 16.7. The molecule has 7 nitrogen and oxygen atoms in total. The molecule has 2 bridgehead atoms. The van der Waals surface area contributed by atoms with Crippen molar-refractivity contribution in [2.24, 2.45) is 11.8 Å². The zero-order chi connectivity index (χ0) is 20.0. The number of rotatable bonds is 3. The van der Waals surface area contributed by atoms with Crippen molar-refractivity contribution >= 4 is 17.7 Å². The van der Waals surface area contributed by atoms with Crippen molar-refractivity contribution in [1.82, 2.24) is 20.4 Å². The predicted molar refractivity (Wildman–Crippen MR) is 107 cm³/mol. The number of imide groups is 1. The highest BCUT2D eigenvalue weighted by Gasteiger charge is 2.40. The van der Waals surface area contributed by atoms with Gasteiger partial charge in [-0.3, -0.25) is 24.6 Å². The molecule has 4 aliphatic rings. The summed E-state index contributed by atoms with van der Waals surface area (Å²) in [5.74, 6) is 0.762. The predicted octanol–water partition coefficient (Wildman–Crippen LogP) is 0.879. The van der Waals surface area contributed by atoms with Crippen molar-refractivity contribution in [3.8, 4) is 0 Å². The summed E-state index contributed by atoms with van der Waals surface area (Å²) in [4.78, 5) is 41.0. The Labute approximate surface area is 170 Å². The van der Waals surface area contributed by atoms with E-state index in [0.29, 0.717) is 24.4 Å². The van der Waals surface area contributed by atoms with Crippen LogP contribution >= 0.6 is 0 Å². The van der Waals surface area contributed by atoms with Crippen LogP contribution in [0.3, 0.4) is 0 Å². The molecule has 3 atom stereocenters. The van der Waals surface area contributed by atoms with Gasteiger partial charge >= 0.3 is 0 Å². The molecule has 2 N–H and O–H groups in total. The first-order valence-electron chi connectivity index (χ1n) is 10.8. The summed E-state index contributed by atoms with van der Waals surface area (Å²) in [6.07, 6.45) is 3.25. The molecule has 29 heavy (non-hydrogen) atoms. The first kappa shape index (κ1) is 18.8. The maximum Gasteiger partial charge on any atom is 0.255 e. The van der Waals surface area contributed by atoms with Crippen LogP contribution in [0, 0.1) is 11.8 Å². The lowest BCUT2D eigenvalue weighted by molar-refractivity contribution is -0.136. The summed E-state index contributed by atoms with van der Waals surface area (Å²) in [5.41, 5.74) is 2.95. The van der Waals surface area contributed by atoms with Crippen LogP contribution in [0.4, 0.5) is 0 Å². The number of nitrogens with one attached hydrogen (secondary N) is 2. The summed E-state index contributed by atoms with van der Waals surface area (Å²) in [5, 5.41) is 5.94. The number of benzene rings is 1. The highest BCUT2D eigenvalue weighted by molar-refractivity contribution is 6.05. The van der Waals surface area contributed by atoms with Gasteiger partial charge in [0.1, 0.15) is 6.04 Å². The van der Waals surface area contributed by atoms with Crippen LogP contribution in [0.2, 0.25) is 0 Å². The van der Waals surface area contributed by atoms with Gasteiger partial charge in [0, 0.05) is 38.2 Å². The molecule has 0 saturated carbocycles. The highest BCUT2D eigenvalue weighted by atomic mass is 16.2.